The molecule has 3 rings (SSSR count). The van der Waals surface area contributed by atoms with Crippen molar-refractivity contribution in [3.05, 3.63) is 30.5 Å². The van der Waals surface area contributed by atoms with Crippen LogP contribution in [0.4, 0.5) is 4.79 Å². The Morgan fingerprint density at radius 2 is 2.37 bits per heavy atom. The van der Waals surface area contributed by atoms with Gasteiger partial charge < -0.3 is 10.4 Å². The van der Waals surface area contributed by atoms with Crippen LogP contribution in [-0.4, -0.2) is 50.7 Å². The standard InChI is InChI=1S/C12H13N5O2/c18-12(19)17-4-3-14-6-10(17)11-8-1-2-13-5-9(8)15-7-16-11/h1-2,5,7,10,14H,3-4,6H2,(H,18,19). The molecular weight excluding hydrogens is 246 g/mol. The fourth-order valence-electron chi connectivity index (χ4n) is 2.37. The lowest BCUT2D eigenvalue weighted by Gasteiger charge is -2.33. The number of nitrogens with zero attached hydrogens (tertiary/aromatic N) is 4. The van der Waals surface area contributed by atoms with Crippen LogP contribution >= 0.6 is 0 Å². The first kappa shape index (κ1) is 11.8. The Hall–Kier alpha value is -2.28. The molecule has 0 radical (unpaired) electrons. The summed E-state index contributed by atoms with van der Waals surface area (Å²) in [4.78, 5) is 25.2. The molecule has 0 spiro atoms. The van der Waals surface area contributed by atoms with Crippen molar-refractivity contribution in [2.24, 2.45) is 0 Å². The summed E-state index contributed by atoms with van der Waals surface area (Å²) < 4.78 is 0. The molecule has 0 aliphatic carbocycles. The number of fused-ring (bicyclic) bond motifs is 1. The van der Waals surface area contributed by atoms with E-state index in [9.17, 15) is 9.90 Å². The Labute approximate surface area is 109 Å². The monoisotopic (exact) mass is 259 g/mol. The molecule has 1 aliphatic heterocycles. The number of hydrogen-bond acceptors (Lipinski definition) is 5. The predicted octanol–water partition coefficient (Wildman–Crippen LogP) is 0.649. The van der Waals surface area contributed by atoms with E-state index in [0.717, 1.165) is 16.6 Å². The van der Waals surface area contributed by atoms with E-state index in [1.54, 1.807) is 12.4 Å². The first-order valence-electron chi connectivity index (χ1n) is 6.02. The minimum Gasteiger partial charge on any atom is -0.465 e. The lowest BCUT2D eigenvalue weighted by Crippen LogP contribution is -2.48. The van der Waals surface area contributed by atoms with E-state index in [0.29, 0.717) is 19.6 Å². The van der Waals surface area contributed by atoms with E-state index in [2.05, 4.69) is 20.3 Å². The average molecular weight is 259 g/mol. The molecule has 2 aromatic heterocycles. The minimum atomic E-state index is -0.924. The highest BCUT2D eigenvalue weighted by molar-refractivity contribution is 5.80. The predicted molar refractivity (Wildman–Crippen MR) is 67.7 cm³/mol. The highest BCUT2D eigenvalue weighted by atomic mass is 16.4. The van der Waals surface area contributed by atoms with Crippen molar-refractivity contribution < 1.29 is 9.90 Å². The van der Waals surface area contributed by atoms with Crippen molar-refractivity contribution in [3.8, 4) is 0 Å². The fourth-order valence-corrected chi connectivity index (χ4v) is 2.37. The fraction of sp³-hybridized carbons (Fsp3) is 0.333. The molecule has 0 aromatic carbocycles. The smallest absolute Gasteiger partial charge is 0.407 e. The Morgan fingerprint density at radius 1 is 1.47 bits per heavy atom. The molecule has 1 atom stereocenters. The number of piperazine rings is 1. The van der Waals surface area contributed by atoms with E-state index in [1.807, 2.05) is 6.07 Å². The van der Waals surface area contributed by atoms with Crippen molar-refractivity contribution >= 4 is 17.0 Å². The van der Waals surface area contributed by atoms with Crippen LogP contribution in [0.15, 0.2) is 24.8 Å². The van der Waals surface area contributed by atoms with Gasteiger partial charge >= 0.3 is 6.09 Å². The van der Waals surface area contributed by atoms with Crippen molar-refractivity contribution in [1.82, 2.24) is 25.2 Å². The number of hydrogen-bond donors (Lipinski definition) is 2. The molecule has 1 amide bonds. The number of pyridine rings is 1. The maximum Gasteiger partial charge on any atom is 0.407 e. The van der Waals surface area contributed by atoms with Gasteiger partial charge in [0.2, 0.25) is 0 Å². The van der Waals surface area contributed by atoms with Gasteiger partial charge in [0.1, 0.15) is 6.33 Å². The van der Waals surface area contributed by atoms with Gasteiger partial charge in [0.15, 0.2) is 0 Å². The molecule has 98 valence electrons. The Bertz CT molecular complexity index is 613. The number of aromatic nitrogens is 3. The van der Waals surface area contributed by atoms with Crippen LogP contribution in [-0.2, 0) is 0 Å². The van der Waals surface area contributed by atoms with Crippen LogP contribution in [0.1, 0.15) is 11.7 Å². The normalized spacial score (nSPS) is 19.6. The summed E-state index contributed by atoms with van der Waals surface area (Å²) in [6, 6.07) is 1.53. The topological polar surface area (TPSA) is 91.2 Å². The van der Waals surface area contributed by atoms with Gasteiger partial charge in [0.25, 0.3) is 0 Å². The molecule has 0 bridgehead atoms. The molecule has 2 N–H and O–H groups in total. The zero-order valence-corrected chi connectivity index (χ0v) is 10.2. The summed E-state index contributed by atoms with van der Waals surface area (Å²) in [6.45, 7) is 1.67. The van der Waals surface area contributed by atoms with Crippen LogP contribution in [0.25, 0.3) is 10.9 Å². The first-order chi connectivity index (χ1) is 9.27. The molecule has 1 aliphatic rings. The van der Waals surface area contributed by atoms with Crippen LogP contribution < -0.4 is 5.32 Å². The van der Waals surface area contributed by atoms with Gasteiger partial charge in [-0.3, -0.25) is 9.88 Å². The van der Waals surface area contributed by atoms with Crippen LogP contribution in [0.2, 0.25) is 0 Å². The van der Waals surface area contributed by atoms with E-state index >= 15 is 0 Å². The number of rotatable bonds is 1. The molecular formula is C12H13N5O2. The summed E-state index contributed by atoms with van der Waals surface area (Å²) in [7, 11) is 0. The largest absolute Gasteiger partial charge is 0.465 e. The second-order valence-corrected chi connectivity index (χ2v) is 4.35. The molecule has 7 nitrogen and oxygen atoms in total. The molecule has 1 fully saturated rings. The van der Waals surface area contributed by atoms with E-state index < -0.39 is 6.09 Å². The van der Waals surface area contributed by atoms with E-state index in [1.165, 1.54) is 11.2 Å². The number of carboxylic acid groups (broad SMARTS) is 1. The zero-order valence-electron chi connectivity index (χ0n) is 10.2. The number of amides is 1. The van der Waals surface area contributed by atoms with Gasteiger partial charge in [-0.1, -0.05) is 0 Å². The van der Waals surface area contributed by atoms with Crippen LogP contribution in [0.3, 0.4) is 0 Å². The molecule has 2 aromatic rings. The first-order valence-corrected chi connectivity index (χ1v) is 6.02. The molecule has 19 heavy (non-hydrogen) atoms. The number of nitrogens with one attached hydrogen (secondary N) is 1. The van der Waals surface area contributed by atoms with Crippen LogP contribution in [0, 0.1) is 0 Å². The Morgan fingerprint density at radius 3 is 3.21 bits per heavy atom. The summed E-state index contributed by atoms with van der Waals surface area (Å²) in [6.07, 6.45) is 3.85. The maximum atomic E-state index is 11.3. The van der Waals surface area contributed by atoms with Gasteiger partial charge in [-0.15, -0.1) is 0 Å². The van der Waals surface area contributed by atoms with Crippen molar-refractivity contribution in [3.63, 3.8) is 0 Å². The number of carbonyl (C=O) groups is 1. The Balaban J connectivity index is 2.09. The van der Waals surface area contributed by atoms with Gasteiger partial charge in [0, 0.05) is 31.2 Å². The molecule has 3 heterocycles. The van der Waals surface area contributed by atoms with Crippen molar-refractivity contribution in [1.29, 1.82) is 0 Å². The third kappa shape index (κ3) is 2.08. The van der Waals surface area contributed by atoms with Crippen molar-refractivity contribution in [2.75, 3.05) is 19.6 Å². The van der Waals surface area contributed by atoms with E-state index in [4.69, 9.17) is 0 Å². The van der Waals surface area contributed by atoms with Gasteiger partial charge in [-0.25, -0.2) is 14.8 Å². The summed E-state index contributed by atoms with van der Waals surface area (Å²) in [5, 5.41) is 13.3. The summed E-state index contributed by atoms with van der Waals surface area (Å²) in [5.41, 5.74) is 1.45. The average Bonchev–Trinajstić information content (AvgIpc) is 2.46. The molecule has 7 heteroatoms. The van der Waals surface area contributed by atoms with Gasteiger partial charge in [-0.2, -0.15) is 0 Å². The SMILES string of the molecule is O=C(O)N1CCNCC1c1ncnc2cnccc12. The van der Waals surface area contributed by atoms with Crippen LogP contribution in [0.5, 0.6) is 0 Å². The second-order valence-electron chi connectivity index (χ2n) is 4.35. The Kier molecular flexibility index (Phi) is 2.96. The zero-order chi connectivity index (χ0) is 13.2. The second kappa shape index (κ2) is 4.77. The van der Waals surface area contributed by atoms with Crippen molar-refractivity contribution in [2.45, 2.75) is 6.04 Å². The quantitative estimate of drug-likeness (QED) is 0.781. The lowest BCUT2D eigenvalue weighted by molar-refractivity contribution is 0.111. The lowest BCUT2D eigenvalue weighted by atomic mass is 10.1. The highest BCUT2D eigenvalue weighted by Crippen LogP contribution is 2.25. The van der Waals surface area contributed by atoms with E-state index in [-0.39, 0.29) is 6.04 Å². The molecule has 1 unspecified atom stereocenters. The summed E-state index contributed by atoms with van der Waals surface area (Å²) in [5.74, 6) is 0. The third-order valence-electron chi connectivity index (χ3n) is 3.27. The van der Waals surface area contributed by atoms with Gasteiger partial charge in [0.05, 0.1) is 23.4 Å². The third-order valence-corrected chi connectivity index (χ3v) is 3.27. The maximum absolute atomic E-state index is 11.3. The molecule has 1 saturated heterocycles. The highest BCUT2D eigenvalue weighted by Gasteiger charge is 2.29. The molecule has 0 saturated carbocycles. The minimum absolute atomic E-state index is 0.292. The summed E-state index contributed by atoms with van der Waals surface area (Å²) >= 11 is 0. The van der Waals surface area contributed by atoms with Gasteiger partial charge in [-0.05, 0) is 6.07 Å².